The first-order valence-electron chi connectivity index (χ1n) is 8.47. The van der Waals surface area contributed by atoms with Crippen molar-refractivity contribution in [1.29, 1.82) is 0 Å². The third kappa shape index (κ3) is 2.82. The van der Waals surface area contributed by atoms with E-state index in [0.29, 0.717) is 11.0 Å². The van der Waals surface area contributed by atoms with E-state index in [4.69, 9.17) is 18.0 Å². The van der Waals surface area contributed by atoms with Gasteiger partial charge in [-0.1, -0.05) is 25.1 Å². The lowest BCUT2D eigenvalue weighted by Crippen LogP contribution is -2.57. The highest BCUT2D eigenvalue weighted by Crippen LogP contribution is 2.43. The zero-order chi connectivity index (χ0) is 14.9. The van der Waals surface area contributed by atoms with Gasteiger partial charge < -0.3 is 15.5 Å². The van der Waals surface area contributed by atoms with Crippen LogP contribution in [0.5, 0.6) is 0 Å². The summed E-state index contributed by atoms with van der Waals surface area (Å²) in [6.45, 7) is 4.25. The smallest absolute Gasteiger partial charge is 0.235 e. The number of nitrogens with zero attached hydrogens (tertiary/aromatic N) is 2. The van der Waals surface area contributed by atoms with Crippen molar-refractivity contribution in [2.24, 2.45) is 11.1 Å². The van der Waals surface area contributed by atoms with E-state index < -0.39 is 5.41 Å². The van der Waals surface area contributed by atoms with Crippen LogP contribution in [-0.4, -0.2) is 52.9 Å². The molecule has 118 valence electrons. The number of likely N-dealkylation sites (tertiary alicyclic amines) is 2. The third-order valence-corrected chi connectivity index (χ3v) is 6.14. The Bertz CT molecular complexity index is 408. The summed E-state index contributed by atoms with van der Waals surface area (Å²) in [6.07, 6.45) is 9.06. The molecule has 4 nitrogen and oxygen atoms in total. The molecule has 3 aliphatic rings. The fourth-order valence-corrected chi connectivity index (χ4v) is 4.41. The maximum absolute atomic E-state index is 12.8. The fraction of sp³-hybridized carbons (Fsp3) is 0.875. The SMILES string of the molecule is NC(=S)C1(C(=O)N2CCC(N3CCCCC3)CC2)CCC1. The topological polar surface area (TPSA) is 49.6 Å². The third-order valence-electron chi connectivity index (χ3n) is 5.75. The molecule has 1 amide bonds. The first-order chi connectivity index (χ1) is 10.1. The molecule has 0 aromatic rings. The summed E-state index contributed by atoms with van der Waals surface area (Å²) in [5.41, 5.74) is 5.37. The van der Waals surface area contributed by atoms with Gasteiger partial charge in [0.1, 0.15) is 0 Å². The van der Waals surface area contributed by atoms with Gasteiger partial charge in [-0.15, -0.1) is 0 Å². The minimum Gasteiger partial charge on any atom is -0.392 e. The van der Waals surface area contributed by atoms with Gasteiger partial charge in [-0.05, 0) is 51.6 Å². The summed E-state index contributed by atoms with van der Waals surface area (Å²) < 4.78 is 0. The number of rotatable bonds is 3. The maximum Gasteiger partial charge on any atom is 0.235 e. The van der Waals surface area contributed by atoms with Crippen LogP contribution in [0.3, 0.4) is 0 Å². The molecule has 0 unspecified atom stereocenters. The number of nitrogens with two attached hydrogens (primary N) is 1. The fourth-order valence-electron chi connectivity index (χ4n) is 4.12. The highest BCUT2D eigenvalue weighted by Gasteiger charge is 2.49. The Kier molecular flexibility index (Phi) is 4.50. The van der Waals surface area contributed by atoms with Crippen molar-refractivity contribution in [3.05, 3.63) is 0 Å². The molecule has 0 radical (unpaired) electrons. The molecule has 2 saturated heterocycles. The van der Waals surface area contributed by atoms with Crippen molar-refractivity contribution < 1.29 is 4.79 Å². The molecular weight excluding hydrogens is 282 g/mol. The van der Waals surface area contributed by atoms with Crippen LogP contribution in [0.25, 0.3) is 0 Å². The molecule has 2 heterocycles. The van der Waals surface area contributed by atoms with Crippen molar-refractivity contribution >= 4 is 23.1 Å². The lowest BCUT2D eigenvalue weighted by atomic mass is 9.67. The second-order valence-corrected chi connectivity index (χ2v) is 7.36. The van der Waals surface area contributed by atoms with E-state index in [1.807, 2.05) is 4.90 Å². The molecule has 0 atom stereocenters. The summed E-state index contributed by atoms with van der Waals surface area (Å²) >= 11 is 5.17. The van der Waals surface area contributed by atoms with Crippen LogP contribution in [0, 0.1) is 5.41 Å². The van der Waals surface area contributed by atoms with Gasteiger partial charge in [0.2, 0.25) is 5.91 Å². The van der Waals surface area contributed by atoms with E-state index in [2.05, 4.69) is 4.90 Å². The molecule has 2 aliphatic heterocycles. The van der Waals surface area contributed by atoms with Crippen molar-refractivity contribution in [2.45, 2.75) is 57.4 Å². The van der Waals surface area contributed by atoms with Crippen LogP contribution in [0.2, 0.25) is 0 Å². The van der Waals surface area contributed by atoms with E-state index in [-0.39, 0.29) is 5.91 Å². The average molecular weight is 309 g/mol. The predicted octanol–water partition coefficient (Wildman–Crippen LogP) is 1.92. The molecular formula is C16H27N3OS. The standard InChI is InChI=1S/C16H27N3OS/c17-14(21)16(7-4-8-16)15(20)19-11-5-13(6-12-19)18-9-2-1-3-10-18/h13H,1-12H2,(H2,17,21). The Hall–Kier alpha value is -0.680. The molecule has 0 spiro atoms. The largest absolute Gasteiger partial charge is 0.392 e. The van der Waals surface area contributed by atoms with Crippen LogP contribution in [0.1, 0.15) is 51.4 Å². The quantitative estimate of drug-likeness (QED) is 0.809. The summed E-state index contributed by atoms with van der Waals surface area (Å²) in [7, 11) is 0. The van der Waals surface area contributed by atoms with Gasteiger partial charge in [0.15, 0.2) is 0 Å². The van der Waals surface area contributed by atoms with Crippen molar-refractivity contribution in [1.82, 2.24) is 9.80 Å². The monoisotopic (exact) mass is 309 g/mol. The molecule has 2 N–H and O–H groups in total. The number of thiocarbonyl (C=S) groups is 1. The van der Waals surface area contributed by atoms with E-state index in [1.165, 1.54) is 32.4 Å². The van der Waals surface area contributed by atoms with E-state index in [9.17, 15) is 4.79 Å². The number of hydrogen-bond donors (Lipinski definition) is 1. The molecule has 21 heavy (non-hydrogen) atoms. The van der Waals surface area contributed by atoms with Crippen LogP contribution in [0.15, 0.2) is 0 Å². The van der Waals surface area contributed by atoms with Crippen LogP contribution < -0.4 is 5.73 Å². The van der Waals surface area contributed by atoms with Gasteiger partial charge >= 0.3 is 0 Å². The molecule has 3 rings (SSSR count). The van der Waals surface area contributed by atoms with Gasteiger partial charge in [0.05, 0.1) is 10.4 Å². The molecule has 1 aliphatic carbocycles. The van der Waals surface area contributed by atoms with E-state index >= 15 is 0 Å². The Balaban J connectivity index is 1.55. The van der Waals surface area contributed by atoms with E-state index in [1.54, 1.807) is 0 Å². The highest BCUT2D eigenvalue weighted by molar-refractivity contribution is 7.80. The zero-order valence-corrected chi connectivity index (χ0v) is 13.7. The Morgan fingerprint density at radius 1 is 1.00 bits per heavy atom. The van der Waals surface area contributed by atoms with Gasteiger partial charge in [-0.25, -0.2) is 0 Å². The molecule has 0 bridgehead atoms. The zero-order valence-electron chi connectivity index (χ0n) is 12.9. The Morgan fingerprint density at radius 2 is 1.62 bits per heavy atom. The first kappa shape index (κ1) is 15.2. The number of carbonyl (C=O) groups is 1. The molecule has 5 heteroatoms. The maximum atomic E-state index is 12.8. The second kappa shape index (κ2) is 6.21. The molecule has 0 aromatic heterocycles. The van der Waals surface area contributed by atoms with Gasteiger partial charge in [0, 0.05) is 19.1 Å². The minimum absolute atomic E-state index is 0.207. The van der Waals surface area contributed by atoms with Gasteiger partial charge in [-0.2, -0.15) is 0 Å². The summed E-state index contributed by atoms with van der Waals surface area (Å²) in [4.78, 5) is 17.8. The van der Waals surface area contributed by atoms with Crippen molar-refractivity contribution in [3.63, 3.8) is 0 Å². The molecule has 1 saturated carbocycles. The van der Waals surface area contributed by atoms with Crippen LogP contribution >= 0.6 is 12.2 Å². The normalized spacial score (nSPS) is 27.1. The van der Waals surface area contributed by atoms with E-state index in [0.717, 1.165) is 45.2 Å². The molecule has 3 fully saturated rings. The summed E-state index contributed by atoms with van der Waals surface area (Å²) in [5.74, 6) is 0.207. The highest BCUT2D eigenvalue weighted by atomic mass is 32.1. The average Bonchev–Trinajstić information content (AvgIpc) is 2.47. The predicted molar refractivity (Wildman–Crippen MR) is 88.1 cm³/mol. The summed E-state index contributed by atoms with van der Waals surface area (Å²) in [6, 6.07) is 0.677. The van der Waals surface area contributed by atoms with Crippen LogP contribution in [-0.2, 0) is 4.79 Å². The minimum atomic E-state index is -0.493. The number of hydrogen-bond acceptors (Lipinski definition) is 3. The van der Waals surface area contributed by atoms with Crippen LogP contribution in [0.4, 0.5) is 0 Å². The molecule has 0 aromatic carbocycles. The van der Waals surface area contributed by atoms with Crippen molar-refractivity contribution in [2.75, 3.05) is 26.2 Å². The first-order valence-corrected chi connectivity index (χ1v) is 8.88. The second-order valence-electron chi connectivity index (χ2n) is 6.92. The lowest BCUT2D eigenvalue weighted by Gasteiger charge is -2.46. The number of carbonyl (C=O) groups excluding carboxylic acids is 1. The number of amides is 1. The van der Waals surface area contributed by atoms with Crippen molar-refractivity contribution in [3.8, 4) is 0 Å². The summed E-state index contributed by atoms with van der Waals surface area (Å²) in [5, 5.41) is 0. The number of piperidine rings is 2. The Morgan fingerprint density at radius 3 is 2.10 bits per heavy atom. The van der Waals surface area contributed by atoms with Gasteiger partial charge in [0.25, 0.3) is 0 Å². The lowest BCUT2D eigenvalue weighted by molar-refractivity contribution is -0.143. The Labute approximate surface area is 133 Å². The van der Waals surface area contributed by atoms with Gasteiger partial charge in [-0.3, -0.25) is 4.79 Å².